The van der Waals surface area contributed by atoms with E-state index in [2.05, 4.69) is 13.8 Å². The molecular weight excluding hydrogens is 555 g/mol. The van der Waals surface area contributed by atoms with Crippen molar-refractivity contribution in [2.24, 2.45) is 5.41 Å². The average Bonchev–Trinajstić information content (AvgIpc) is 2.90. The lowest BCUT2D eigenvalue weighted by Gasteiger charge is -2.29. The third-order valence-electron chi connectivity index (χ3n) is 7.14. The number of hydrogen-bond acceptors (Lipinski definition) is 6. The molecule has 0 aromatic heterocycles. The quantitative estimate of drug-likeness (QED) is 0.0528. The van der Waals surface area contributed by atoms with Crippen molar-refractivity contribution in [3.63, 3.8) is 0 Å². The fourth-order valence-corrected chi connectivity index (χ4v) is 7.43. The zero-order valence-electron chi connectivity index (χ0n) is 27.9. The Morgan fingerprint density at radius 1 is 0.780 bits per heavy atom. The minimum Gasteiger partial charge on any atom is -0.463 e. The van der Waals surface area contributed by atoms with Gasteiger partial charge < -0.3 is 18.9 Å². The van der Waals surface area contributed by atoms with Crippen LogP contribution in [0.3, 0.4) is 0 Å². The average molecular weight is 623 g/mol. The Hall–Kier alpha value is -0.0700. The van der Waals surface area contributed by atoms with E-state index in [1.54, 1.807) is 0 Å². The Bertz CT molecular complexity index is 669. The fourth-order valence-electron chi connectivity index (χ4n) is 4.65. The monoisotopic (exact) mass is 622 g/mol. The van der Waals surface area contributed by atoms with Crippen LogP contribution in [-0.2, 0) is 23.4 Å². The fraction of sp³-hybridized carbons (Fsp3) is 0.970. The SMILES string of the molecule is CCCCCCCCCCCCCSC(CCCCCCC)C(C)OP(=O)(O)C(OCCC)C(=O)OCC(C)(C)C. The van der Waals surface area contributed by atoms with Crippen molar-refractivity contribution in [1.82, 2.24) is 0 Å². The first-order chi connectivity index (χ1) is 19.5. The number of unbranched alkanes of at least 4 members (excludes halogenated alkanes) is 14. The second-order valence-electron chi connectivity index (χ2n) is 12.9. The zero-order valence-corrected chi connectivity index (χ0v) is 29.6. The van der Waals surface area contributed by atoms with Crippen LogP contribution in [0.2, 0.25) is 0 Å². The van der Waals surface area contributed by atoms with Crippen LogP contribution < -0.4 is 0 Å². The third kappa shape index (κ3) is 23.0. The van der Waals surface area contributed by atoms with Gasteiger partial charge >= 0.3 is 13.6 Å². The highest BCUT2D eigenvalue weighted by molar-refractivity contribution is 7.99. The first kappa shape index (κ1) is 40.9. The maximum Gasteiger partial charge on any atom is 0.368 e. The summed E-state index contributed by atoms with van der Waals surface area (Å²) in [5, 5.41) is 0.0950. The normalized spacial score (nSPS) is 15.8. The predicted molar refractivity (Wildman–Crippen MR) is 177 cm³/mol. The molecule has 41 heavy (non-hydrogen) atoms. The van der Waals surface area contributed by atoms with Crippen molar-refractivity contribution in [3.8, 4) is 0 Å². The summed E-state index contributed by atoms with van der Waals surface area (Å²) in [7, 11) is -4.41. The highest BCUT2D eigenvalue weighted by Crippen LogP contribution is 2.51. The summed E-state index contributed by atoms with van der Waals surface area (Å²) in [5.41, 5.74) is -0.258. The number of carbonyl (C=O) groups is 1. The van der Waals surface area contributed by atoms with Gasteiger partial charge in [-0.05, 0) is 37.4 Å². The van der Waals surface area contributed by atoms with Crippen molar-refractivity contribution < 1.29 is 28.3 Å². The first-order valence-electron chi connectivity index (χ1n) is 16.9. The molecule has 0 aliphatic carbocycles. The van der Waals surface area contributed by atoms with E-state index in [-0.39, 0.29) is 23.9 Å². The Balaban J connectivity index is 4.90. The molecule has 0 saturated heterocycles. The van der Waals surface area contributed by atoms with Gasteiger partial charge in [-0.1, -0.05) is 138 Å². The van der Waals surface area contributed by atoms with Gasteiger partial charge in [-0.15, -0.1) is 0 Å². The highest BCUT2D eigenvalue weighted by Gasteiger charge is 2.43. The van der Waals surface area contributed by atoms with Crippen LogP contribution in [0.25, 0.3) is 0 Å². The molecule has 0 amide bonds. The molecule has 0 fully saturated rings. The Morgan fingerprint density at radius 3 is 1.76 bits per heavy atom. The molecule has 8 heteroatoms. The molecular formula is C33H67O6PS. The summed E-state index contributed by atoms with van der Waals surface area (Å²) in [6.45, 7) is 14.4. The molecule has 0 rings (SSSR count). The number of esters is 1. The lowest BCUT2D eigenvalue weighted by molar-refractivity contribution is -0.155. The summed E-state index contributed by atoms with van der Waals surface area (Å²) in [4.78, 5) is 23.7. The summed E-state index contributed by atoms with van der Waals surface area (Å²) >= 11 is 1.85. The molecule has 4 atom stereocenters. The summed E-state index contributed by atoms with van der Waals surface area (Å²) < 4.78 is 30.1. The van der Waals surface area contributed by atoms with Gasteiger partial charge in [-0.2, -0.15) is 11.8 Å². The molecule has 0 aliphatic heterocycles. The van der Waals surface area contributed by atoms with Crippen LogP contribution in [0.15, 0.2) is 0 Å². The van der Waals surface area contributed by atoms with Gasteiger partial charge in [0.2, 0.25) is 0 Å². The van der Waals surface area contributed by atoms with Crippen LogP contribution >= 0.6 is 19.4 Å². The summed E-state index contributed by atoms with van der Waals surface area (Å²) in [6, 6.07) is 0. The molecule has 6 nitrogen and oxygen atoms in total. The number of carbonyl (C=O) groups excluding carboxylic acids is 1. The Kier molecular flexibility index (Phi) is 25.2. The van der Waals surface area contributed by atoms with Crippen molar-refractivity contribution in [1.29, 1.82) is 0 Å². The van der Waals surface area contributed by atoms with E-state index in [1.807, 2.05) is 46.4 Å². The number of thioether (sulfide) groups is 1. The van der Waals surface area contributed by atoms with E-state index in [9.17, 15) is 14.3 Å². The van der Waals surface area contributed by atoms with Crippen LogP contribution in [0.4, 0.5) is 0 Å². The van der Waals surface area contributed by atoms with E-state index >= 15 is 0 Å². The lowest BCUT2D eigenvalue weighted by Crippen LogP contribution is -2.33. The van der Waals surface area contributed by atoms with Crippen molar-refractivity contribution in [2.75, 3.05) is 19.0 Å². The van der Waals surface area contributed by atoms with Crippen LogP contribution in [0.1, 0.15) is 164 Å². The molecule has 1 N–H and O–H groups in total. The Morgan fingerprint density at radius 2 is 1.27 bits per heavy atom. The summed E-state index contributed by atoms with van der Waals surface area (Å²) in [5.74, 6) is -1.42. The summed E-state index contributed by atoms with van der Waals surface area (Å²) in [6.07, 6.45) is 21.5. The Labute approximate surface area is 258 Å². The molecule has 0 bridgehead atoms. The van der Waals surface area contributed by atoms with Gasteiger partial charge in [0.05, 0.1) is 12.7 Å². The van der Waals surface area contributed by atoms with Crippen LogP contribution in [0, 0.1) is 5.41 Å². The first-order valence-corrected chi connectivity index (χ1v) is 19.6. The van der Waals surface area contributed by atoms with Crippen LogP contribution in [0.5, 0.6) is 0 Å². The van der Waals surface area contributed by atoms with Gasteiger partial charge in [0.1, 0.15) is 0 Å². The standard InChI is InChI=1S/C33H67O6PS/c1-8-11-13-15-16-17-18-19-20-22-24-27-41-30(25-23-21-14-12-9-2)29(4)39-40(35,36)32(37-26-10-3)31(34)38-28-33(5,6)7/h29-30,32H,8-28H2,1-7H3,(H,35,36). The van der Waals surface area contributed by atoms with Gasteiger partial charge in [-0.25, -0.2) is 4.79 Å². The topological polar surface area (TPSA) is 82.1 Å². The van der Waals surface area contributed by atoms with E-state index < -0.39 is 25.5 Å². The number of rotatable bonds is 28. The van der Waals surface area contributed by atoms with E-state index in [0.29, 0.717) is 6.42 Å². The largest absolute Gasteiger partial charge is 0.463 e. The third-order valence-corrected chi connectivity index (χ3v) is 10.3. The van der Waals surface area contributed by atoms with Gasteiger partial charge in [0.25, 0.3) is 5.85 Å². The zero-order chi connectivity index (χ0) is 31.0. The van der Waals surface area contributed by atoms with Crippen molar-refractivity contribution in [3.05, 3.63) is 0 Å². The molecule has 0 heterocycles. The van der Waals surface area contributed by atoms with Gasteiger partial charge in [0.15, 0.2) is 0 Å². The molecule has 4 unspecified atom stereocenters. The smallest absolute Gasteiger partial charge is 0.368 e. The highest BCUT2D eigenvalue weighted by atomic mass is 32.2. The maximum absolute atomic E-state index is 13.4. The molecule has 0 aromatic rings. The van der Waals surface area contributed by atoms with E-state index in [1.165, 1.54) is 83.5 Å². The molecule has 0 radical (unpaired) electrons. The van der Waals surface area contributed by atoms with E-state index in [4.69, 9.17) is 14.0 Å². The predicted octanol–water partition coefficient (Wildman–Crippen LogP) is 10.7. The number of hydrogen-bond donors (Lipinski definition) is 1. The minimum atomic E-state index is -4.41. The molecule has 0 aliphatic rings. The number of ether oxygens (including phenoxy) is 2. The molecule has 0 spiro atoms. The molecule has 0 saturated carbocycles. The lowest BCUT2D eigenvalue weighted by atomic mass is 9.99. The van der Waals surface area contributed by atoms with Gasteiger partial charge in [-0.3, -0.25) is 4.57 Å². The minimum absolute atomic E-state index is 0.0950. The second-order valence-corrected chi connectivity index (χ2v) is 16.1. The van der Waals surface area contributed by atoms with Crippen LogP contribution in [-0.4, -0.2) is 47.0 Å². The molecule has 0 aromatic carbocycles. The van der Waals surface area contributed by atoms with Crippen molar-refractivity contribution >= 4 is 25.3 Å². The van der Waals surface area contributed by atoms with Gasteiger partial charge in [0, 0.05) is 11.9 Å². The van der Waals surface area contributed by atoms with Crippen molar-refractivity contribution in [2.45, 2.75) is 181 Å². The molecule has 246 valence electrons. The second kappa shape index (κ2) is 25.3. The van der Waals surface area contributed by atoms with E-state index in [0.717, 1.165) is 31.4 Å². The maximum atomic E-state index is 13.4.